The van der Waals surface area contributed by atoms with Crippen LogP contribution in [0.3, 0.4) is 0 Å². The van der Waals surface area contributed by atoms with E-state index in [1.807, 2.05) is 0 Å². The van der Waals surface area contributed by atoms with E-state index in [1.54, 1.807) is 0 Å². The molecule has 2 rings (SSSR count). The summed E-state index contributed by atoms with van der Waals surface area (Å²) in [5.74, 6) is -3.50. The molecule has 2 aliphatic heterocycles. The molecule has 2 saturated heterocycles. The number of rotatable bonds is 7. The first-order valence-corrected chi connectivity index (χ1v) is 8.53. The number of carboxylic acid groups (broad SMARTS) is 2. The minimum Gasteiger partial charge on any atom is -0.479 e. The summed E-state index contributed by atoms with van der Waals surface area (Å²) in [6, 6.07) is -0.873. The molecule has 0 radical (unpaired) electrons. The molecule has 2 fully saturated rings. The van der Waals surface area contributed by atoms with Crippen LogP contribution in [0.2, 0.25) is 0 Å². The average molecular weight is 414 g/mol. The third-order valence-corrected chi connectivity index (χ3v) is 5.92. The van der Waals surface area contributed by atoms with Crippen molar-refractivity contribution in [1.82, 2.24) is 5.32 Å². The number of nitrogens with one attached hydrogen (secondary N) is 1. The second-order valence-corrected chi connectivity index (χ2v) is 8.03. The Morgan fingerprint density at radius 2 is 1.67 bits per heavy atom. The fraction of sp³-hybridized carbons (Fsp3) is 0.867. The van der Waals surface area contributed by atoms with Crippen LogP contribution in [0, 0.1) is 0 Å². The van der Waals surface area contributed by atoms with Gasteiger partial charge >= 0.3 is 11.9 Å². The van der Waals surface area contributed by atoms with E-state index >= 15 is 0 Å². The molecular weight excluding hydrogens is 390 g/mol. The Morgan fingerprint density at radius 3 is 2.11 bits per heavy atom. The van der Waals surface area contributed by atoms with Crippen molar-refractivity contribution in [1.29, 1.82) is 0 Å². The lowest BCUT2D eigenvalue weighted by atomic mass is 9.83. The summed E-state index contributed by atoms with van der Waals surface area (Å²) in [6.45, 7) is 3.63. The number of ether oxygens (including phenoxy) is 2. The van der Waals surface area contributed by atoms with E-state index in [0.29, 0.717) is 0 Å². The molecule has 2 aliphatic rings. The number of alkyl halides is 1. The Kier molecular flexibility index (Phi) is 5.83. The molecule has 0 bridgehead atoms. The Morgan fingerprint density at radius 1 is 1.15 bits per heavy atom. The molecular formula is C15H24ClNO10. The number of hydrogen-bond donors (Lipinski definition) is 7. The lowest BCUT2D eigenvalue weighted by molar-refractivity contribution is -0.323. The molecule has 0 aromatic carbocycles. The molecule has 7 N–H and O–H groups in total. The summed E-state index contributed by atoms with van der Waals surface area (Å²) in [5.41, 5.74) is -2.91. The van der Waals surface area contributed by atoms with Crippen molar-refractivity contribution in [2.24, 2.45) is 0 Å². The van der Waals surface area contributed by atoms with Gasteiger partial charge in [-0.25, -0.2) is 9.59 Å². The quantitative estimate of drug-likeness (QED) is 0.132. The molecule has 12 heteroatoms. The van der Waals surface area contributed by atoms with Crippen LogP contribution in [0.1, 0.15) is 20.8 Å². The summed E-state index contributed by atoms with van der Waals surface area (Å²) < 4.78 is 10.9. The van der Waals surface area contributed by atoms with Crippen LogP contribution in [-0.4, -0.2) is 102 Å². The number of aliphatic hydroxyl groups excluding tert-OH is 4. The second kappa shape index (κ2) is 7.08. The molecule has 0 aromatic rings. The summed E-state index contributed by atoms with van der Waals surface area (Å²) in [5, 5.41) is 60.3. The predicted molar refractivity (Wildman–Crippen MR) is 88.1 cm³/mol. The number of carbonyl (C=O) groups is 2. The van der Waals surface area contributed by atoms with Crippen molar-refractivity contribution in [2.45, 2.75) is 73.5 Å². The van der Waals surface area contributed by atoms with Crippen LogP contribution < -0.4 is 5.32 Å². The van der Waals surface area contributed by atoms with Crippen molar-refractivity contribution in [2.75, 3.05) is 6.61 Å². The molecule has 0 spiro atoms. The Labute approximate surface area is 159 Å². The zero-order chi connectivity index (χ0) is 20.9. The van der Waals surface area contributed by atoms with Crippen molar-refractivity contribution < 1.29 is 49.7 Å². The first-order chi connectivity index (χ1) is 12.2. The van der Waals surface area contributed by atoms with E-state index in [9.17, 15) is 40.2 Å². The van der Waals surface area contributed by atoms with Gasteiger partial charge in [0, 0.05) is 0 Å². The van der Waals surface area contributed by atoms with Crippen LogP contribution >= 0.6 is 11.6 Å². The smallest absolute Gasteiger partial charge is 0.338 e. The highest BCUT2D eigenvalue weighted by Gasteiger charge is 2.74. The van der Waals surface area contributed by atoms with Gasteiger partial charge in [0.15, 0.2) is 6.29 Å². The van der Waals surface area contributed by atoms with E-state index in [1.165, 1.54) is 20.8 Å². The maximum atomic E-state index is 11.5. The number of hydrogen-bond acceptors (Lipinski definition) is 9. The van der Waals surface area contributed by atoms with Gasteiger partial charge in [-0.05, 0) is 20.8 Å². The minimum absolute atomic E-state index is 0.645. The number of carboxylic acids is 2. The maximum Gasteiger partial charge on any atom is 0.338 e. The summed E-state index contributed by atoms with van der Waals surface area (Å²) in [4.78, 5) is 20.3. The molecule has 156 valence electrons. The lowest BCUT2D eigenvalue weighted by Crippen LogP contribution is -2.61. The van der Waals surface area contributed by atoms with E-state index in [-0.39, 0.29) is 0 Å². The van der Waals surface area contributed by atoms with E-state index in [0.717, 1.165) is 0 Å². The molecule has 11 nitrogen and oxygen atoms in total. The number of aliphatic carboxylic acids is 2. The van der Waals surface area contributed by atoms with E-state index < -0.39 is 71.3 Å². The van der Waals surface area contributed by atoms with Crippen LogP contribution in [0.25, 0.3) is 0 Å². The van der Waals surface area contributed by atoms with Gasteiger partial charge in [0.25, 0.3) is 4.87 Å². The Bertz CT molecular complexity index is 599. The van der Waals surface area contributed by atoms with Gasteiger partial charge in [-0.15, -0.1) is 0 Å². The van der Waals surface area contributed by atoms with Crippen molar-refractivity contribution >= 4 is 23.5 Å². The maximum absolute atomic E-state index is 11.5. The van der Waals surface area contributed by atoms with E-state index in [4.69, 9.17) is 21.1 Å². The standard InChI is InChI=1S/C15H24ClNO10/c1-13(2,10-14(3,17-10)15(16,11(22)23)12(24)25)27-9-8(21)7(20)6(19)5(4-18)26-9/h5-10,17-21H,4H2,1-3H3,(H,22,23)(H,24,25). The molecule has 2 heterocycles. The Hall–Kier alpha value is -1.05. The highest BCUT2D eigenvalue weighted by atomic mass is 35.5. The summed E-state index contributed by atoms with van der Waals surface area (Å²) in [7, 11) is 0. The summed E-state index contributed by atoms with van der Waals surface area (Å²) in [6.07, 6.45) is -7.53. The SMILES string of the molecule is CC(C)(OC1OC(CO)C(O)C(O)C1O)C1NC1(C)C(Cl)(C(=O)O)C(=O)O. The van der Waals surface area contributed by atoms with Gasteiger partial charge in [-0.2, -0.15) is 0 Å². The largest absolute Gasteiger partial charge is 0.479 e. The third kappa shape index (κ3) is 3.42. The first kappa shape index (κ1) is 22.2. The number of aliphatic hydroxyl groups is 4. The molecule has 7 atom stereocenters. The highest BCUT2D eigenvalue weighted by Crippen LogP contribution is 2.48. The lowest BCUT2D eigenvalue weighted by Gasteiger charge is -2.43. The van der Waals surface area contributed by atoms with Crippen LogP contribution in [-0.2, 0) is 19.1 Å². The van der Waals surface area contributed by atoms with Gasteiger partial charge in [-0.1, -0.05) is 11.6 Å². The van der Waals surface area contributed by atoms with E-state index in [2.05, 4.69) is 5.32 Å². The molecule has 7 unspecified atom stereocenters. The molecule has 0 saturated carbocycles. The van der Waals surface area contributed by atoms with Gasteiger partial charge in [-0.3, -0.25) is 0 Å². The minimum atomic E-state index is -2.67. The average Bonchev–Trinajstić information content (AvgIpc) is 3.28. The fourth-order valence-electron chi connectivity index (χ4n) is 3.49. The van der Waals surface area contributed by atoms with Crippen molar-refractivity contribution in [3.8, 4) is 0 Å². The number of halogens is 1. The van der Waals surface area contributed by atoms with Crippen LogP contribution in [0.15, 0.2) is 0 Å². The van der Waals surface area contributed by atoms with Gasteiger partial charge < -0.3 is 45.4 Å². The van der Waals surface area contributed by atoms with Gasteiger partial charge in [0.1, 0.15) is 24.4 Å². The third-order valence-electron chi connectivity index (χ3n) is 5.21. The monoisotopic (exact) mass is 413 g/mol. The fourth-order valence-corrected chi connectivity index (χ4v) is 3.66. The molecule has 0 amide bonds. The van der Waals surface area contributed by atoms with Crippen LogP contribution in [0.4, 0.5) is 0 Å². The van der Waals surface area contributed by atoms with Crippen LogP contribution in [0.5, 0.6) is 0 Å². The molecule has 0 aromatic heterocycles. The topological polar surface area (TPSA) is 196 Å². The predicted octanol–water partition coefficient (Wildman–Crippen LogP) is -2.54. The molecule has 27 heavy (non-hydrogen) atoms. The zero-order valence-electron chi connectivity index (χ0n) is 14.9. The summed E-state index contributed by atoms with van der Waals surface area (Å²) >= 11 is 5.90. The second-order valence-electron chi connectivity index (χ2n) is 7.47. The van der Waals surface area contributed by atoms with Gasteiger partial charge in [0.2, 0.25) is 0 Å². The van der Waals surface area contributed by atoms with Gasteiger partial charge in [0.05, 0.1) is 23.8 Å². The van der Waals surface area contributed by atoms with Crippen molar-refractivity contribution in [3.63, 3.8) is 0 Å². The normalized spacial score (nSPS) is 39.9. The van der Waals surface area contributed by atoms with Crippen molar-refractivity contribution in [3.05, 3.63) is 0 Å². The first-order valence-electron chi connectivity index (χ1n) is 8.15. The zero-order valence-corrected chi connectivity index (χ0v) is 15.6. The highest BCUT2D eigenvalue weighted by molar-refractivity contribution is 6.45. The molecule has 0 aliphatic carbocycles. The Balaban J connectivity index is 2.20.